The number of hydrogen-bond acceptors (Lipinski definition) is 4. The quantitative estimate of drug-likeness (QED) is 0.598. The minimum absolute atomic E-state index is 0.246. The van der Waals surface area contributed by atoms with Gasteiger partial charge in [0.1, 0.15) is 16.9 Å². The maximum Gasteiger partial charge on any atom is 0.433 e. The van der Waals surface area contributed by atoms with Crippen molar-refractivity contribution in [3.8, 4) is 0 Å². The number of pyridine rings is 1. The number of nitrogens with one attached hydrogen (secondary N) is 1. The van der Waals surface area contributed by atoms with Gasteiger partial charge in [0.05, 0.1) is 6.04 Å². The van der Waals surface area contributed by atoms with Crippen LogP contribution in [0.25, 0.3) is 10.9 Å². The van der Waals surface area contributed by atoms with Gasteiger partial charge in [0.2, 0.25) is 0 Å². The van der Waals surface area contributed by atoms with Crippen LogP contribution >= 0.6 is 15.9 Å². The van der Waals surface area contributed by atoms with E-state index >= 15 is 0 Å². The predicted molar refractivity (Wildman–Crippen MR) is 104 cm³/mol. The molecule has 0 bridgehead atoms. The Morgan fingerprint density at radius 2 is 2.00 bits per heavy atom. The summed E-state index contributed by atoms with van der Waals surface area (Å²) in [6.45, 7) is 1.38. The summed E-state index contributed by atoms with van der Waals surface area (Å²) in [6, 6.07) is 6.85. The van der Waals surface area contributed by atoms with Gasteiger partial charge in [-0.05, 0) is 53.0 Å². The number of rotatable bonds is 3. The Morgan fingerprint density at radius 3 is 2.72 bits per heavy atom. The van der Waals surface area contributed by atoms with Crippen molar-refractivity contribution in [2.24, 2.45) is 0 Å². The average molecular weight is 469 g/mol. The molecular formula is C19H16BrF3N4O2. The van der Waals surface area contributed by atoms with Crippen LogP contribution in [0.5, 0.6) is 0 Å². The summed E-state index contributed by atoms with van der Waals surface area (Å²) in [4.78, 5) is 15.8. The number of carbonyl (C=O) groups is 1. The summed E-state index contributed by atoms with van der Waals surface area (Å²) in [5, 5.41) is 8.02. The first-order valence-corrected chi connectivity index (χ1v) is 9.72. The molecule has 1 aromatic carbocycles. The molecule has 1 aliphatic rings. The van der Waals surface area contributed by atoms with Gasteiger partial charge in [-0.3, -0.25) is 9.48 Å². The molecule has 29 heavy (non-hydrogen) atoms. The monoisotopic (exact) mass is 468 g/mol. The number of nitrogens with zero attached hydrogens (tertiary/aromatic N) is 3. The molecular weight excluding hydrogens is 453 g/mol. The molecule has 3 heterocycles. The Hall–Kier alpha value is -2.46. The maximum atomic E-state index is 12.8. The second-order valence-corrected chi connectivity index (χ2v) is 7.56. The number of hydrogen-bond donors (Lipinski definition) is 1. The van der Waals surface area contributed by atoms with Crippen LogP contribution in [-0.2, 0) is 10.9 Å². The number of benzene rings is 1. The second-order valence-electron chi connectivity index (χ2n) is 6.71. The fraction of sp³-hybridized carbons (Fsp3) is 0.316. The van der Waals surface area contributed by atoms with Crippen molar-refractivity contribution in [2.45, 2.75) is 25.1 Å². The van der Waals surface area contributed by atoms with Gasteiger partial charge in [-0.25, -0.2) is 4.98 Å². The second kappa shape index (κ2) is 7.75. The van der Waals surface area contributed by atoms with Crippen LogP contribution in [0.1, 0.15) is 35.1 Å². The predicted octanol–water partition coefficient (Wildman–Crippen LogP) is 4.82. The van der Waals surface area contributed by atoms with Gasteiger partial charge in [0.25, 0.3) is 5.91 Å². The standard InChI is InChI=1S/C19H16BrF3N4O2/c20-14-9-12(24-18(28)15-2-1-3-16(25-15)19(21,22)23)8-11-10-27(26-17(11)14)13-4-6-29-7-5-13/h1-3,8-10,13H,4-7H2,(H,24,28). The summed E-state index contributed by atoms with van der Waals surface area (Å²) in [5.41, 5.74) is -0.250. The highest BCUT2D eigenvalue weighted by atomic mass is 79.9. The first-order valence-electron chi connectivity index (χ1n) is 8.93. The molecule has 1 saturated heterocycles. The van der Waals surface area contributed by atoms with Crippen molar-refractivity contribution in [3.63, 3.8) is 0 Å². The van der Waals surface area contributed by atoms with Gasteiger partial charge in [-0.15, -0.1) is 0 Å². The number of alkyl halides is 3. The van der Waals surface area contributed by atoms with E-state index in [4.69, 9.17) is 4.74 Å². The van der Waals surface area contributed by atoms with Gasteiger partial charge in [-0.2, -0.15) is 18.3 Å². The van der Waals surface area contributed by atoms with E-state index in [1.165, 1.54) is 6.07 Å². The van der Waals surface area contributed by atoms with Gasteiger partial charge in [0.15, 0.2) is 0 Å². The van der Waals surface area contributed by atoms with E-state index in [1.807, 2.05) is 10.9 Å². The fourth-order valence-corrected chi connectivity index (χ4v) is 3.79. The number of fused-ring (bicyclic) bond motifs is 1. The van der Waals surface area contributed by atoms with E-state index in [0.29, 0.717) is 23.4 Å². The lowest BCUT2D eigenvalue weighted by Gasteiger charge is -2.22. The van der Waals surface area contributed by atoms with Crippen molar-refractivity contribution in [2.75, 3.05) is 18.5 Å². The summed E-state index contributed by atoms with van der Waals surface area (Å²) < 4.78 is 46.4. The molecule has 1 aliphatic heterocycles. The molecule has 6 nitrogen and oxygen atoms in total. The molecule has 10 heteroatoms. The number of ether oxygens (including phenoxy) is 1. The Balaban J connectivity index is 1.59. The fourth-order valence-electron chi connectivity index (χ4n) is 3.23. The van der Waals surface area contributed by atoms with Gasteiger partial charge in [0, 0.05) is 35.0 Å². The molecule has 0 aliphatic carbocycles. The van der Waals surface area contributed by atoms with Crippen LogP contribution in [0.2, 0.25) is 0 Å². The van der Waals surface area contributed by atoms with E-state index in [9.17, 15) is 18.0 Å². The number of anilines is 1. The van der Waals surface area contributed by atoms with Crippen LogP contribution in [0, 0.1) is 0 Å². The number of amides is 1. The Bertz CT molecular complexity index is 1060. The molecule has 0 saturated carbocycles. The first kappa shape index (κ1) is 19.8. The van der Waals surface area contributed by atoms with E-state index in [2.05, 4.69) is 31.3 Å². The van der Waals surface area contributed by atoms with Crippen LogP contribution in [-0.4, -0.2) is 33.9 Å². The van der Waals surface area contributed by atoms with Crippen molar-refractivity contribution in [3.05, 3.63) is 52.4 Å². The largest absolute Gasteiger partial charge is 0.433 e. The average Bonchev–Trinajstić information content (AvgIpc) is 3.13. The highest BCUT2D eigenvalue weighted by Crippen LogP contribution is 2.31. The summed E-state index contributed by atoms with van der Waals surface area (Å²) >= 11 is 3.45. The molecule has 1 amide bonds. The third-order valence-electron chi connectivity index (χ3n) is 4.67. The van der Waals surface area contributed by atoms with E-state index in [1.54, 1.807) is 12.1 Å². The zero-order valence-electron chi connectivity index (χ0n) is 15.0. The lowest BCUT2D eigenvalue weighted by Crippen LogP contribution is -2.19. The zero-order valence-corrected chi connectivity index (χ0v) is 16.6. The molecule has 0 radical (unpaired) electrons. The molecule has 152 valence electrons. The summed E-state index contributed by atoms with van der Waals surface area (Å²) in [7, 11) is 0. The number of halogens is 4. The minimum Gasteiger partial charge on any atom is -0.381 e. The smallest absolute Gasteiger partial charge is 0.381 e. The Morgan fingerprint density at radius 1 is 1.24 bits per heavy atom. The van der Waals surface area contributed by atoms with E-state index in [-0.39, 0.29) is 11.7 Å². The minimum atomic E-state index is -4.61. The summed E-state index contributed by atoms with van der Waals surface area (Å²) in [5.74, 6) is -0.723. The molecule has 2 aromatic heterocycles. The molecule has 0 unspecified atom stereocenters. The lowest BCUT2D eigenvalue weighted by molar-refractivity contribution is -0.141. The normalized spacial score (nSPS) is 15.6. The van der Waals surface area contributed by atoms with Crippen LogP contribution < -0.4 is 5.32 Å². The Kier molecular flexibility index (Phi) is 5.30. The zero-order chi connectivity index (χ0) is 20.6. The van der Waals surface area contributed by atoms with E-state index < -0.39 is 17.8 Å². The van der Waals surface area contributed by atoms with Crippen molar-refractivity contribution in [1.82, 2.24) is 14.8 Å². The van der Waals surface area contributed by atoms with Crippen molar-refractivity contribution >= 4 is 38.4 Å². The molecule has 4 rings (SSSR count). The highest BCUT2D eigenvalue weighted by Gasteiger charge is 2.33. The number of aromatic nitrogens is 3. The van der Waals surface area contributed by atoms with Crippen LogP contribution in [0.15, 0.2) is 41.0 Å². The van der Waals surface area contributed by atoms with Crippen molar-refractivity contribution in [1.29, 1.82) is 0 Å². The number of carbonyl (C=O) groups excluding carboxylic acids is 1. The third-order valence-corrected chi connectivity index (χ3v) is 5.28. The molecule has 0 atom stereocenters. The lowest BCUT2D eigenvalue weighted by atomic mass is 10.1. The maximum absolute atomic E-state index is 12.8. The molecule has 1 N–H and O–H groups in total. The van der Waals surface area contributed by atoms with Crippen molar-refractivity contribution < 1.29 is 22.7 Å². The van der Waals surface area contributed by atoms with Gasteiger partial charge < -0.3 is 10.1 Å². The highest BCUT2D eigenvalue weighted by molar-refractivity contribution is 9.10. The third kappa shape index (κ3) is 4.27. The summed E-state index contributed by atoms with van der Waals surface area (Å²) in [6.07, 6.45) is -0.974. The first-order chi connectivity index (χ1) is 13.8. The van der Waals surface area contributed by atoms with E-state index in [0.717, 1.165) is 35.9 Å². The SMILES string of the molecule is O=C(Nc1cc(Br)c2nn(C3CCOCC3)cc2c1)c1cccc(C(F)(F)F)n1. The topological polar surface area (TPSA) is 69.0 Å². The van der Waals surface area contributed by atoms with Gasteiger partial charge in [-0.1, -0.05) is 6.07 Å². The molecule has 1 fully saturated rings. The molecule has 0 spiro atoms. The van der Waals surface area contributed by atoms with Crippen LogP contribution in [0.4, 0.5) is 18.9 Å². The van der Waals surface area contributed by atoms with Gasteiger partial charge >= 0.3 is 6.18 Å². The Labute approximate surface area is 172 Å². The molecule has 3 aromatic rings. The van der Waals surface area contributed by atoms with Crippen LogP contribution in [0.3, 0.4) is 0 Å².